The largest absolute Gasteiger partial charge is 0.336 e. The van der Waals surface area contributed by atoms with Crippen LogP contribution in [0.3, 0.4) is 0 Å². The topological polar surface area (TPSA) is 98.7 Å². The van der Waals surface area contributed by atoms with Crippen molar-refractivity contribution in [1.29, 1.82) is 0 Å². The van der Waals surface area contributed by atoms with Gasteiger partial charge in [-0.05, 0) is 36.4 Å². The molecule has 0 radical (unpaired) electrons. The molecule has 11 heteroatoms. The highest BCUT2D eigenvalue weighted by atomic mass is 35.5. The zero-order valence-electron chi connectivity index (χ0n) is 14.6. The van der Waals surface area contributed by atoms with Crippen LogP contribution in [0.15, 0.2) is 61.2 Å². The molecule has 1 N–H and O–H groups in total. The molecule has 5 aromatic rings. The molecule has 0 atom stereocenters. The number of benzene rings is 1. The second-order valence-electron chi connectivity index (χ2n) is 6.02. The van der Waals surface area contributed by atoms with E-state index in [1.165, 1.54) is 0 Å². The highest BCUT2D eigenvalue weighted by Gasteiger charge is 2.12. The molecule has 142 valence electrons. The van der Waals surface area contributed by atoms with Gasteiger partial charge < -0.3 is 5.32 Å². The van der Waals surface area contributed by atoms with Gasteiger partial charge in [-0.1, -0.05) is 23.2 Å². The Bertz CT molecular complexity index is 1290. The van der Waals surface area contributed by atoms with Crippen LogP contribution in [0, 0.1) is 0 Å². The fraction of sp³-hybridized carbons (Fsp3) is 0. The van der Waals surface area contributed by atoms with Gasteiger partial charge in [0.2, 0.25) is 5.95 Å². The molecule has 0 bridgehead atoms. The molecule has 4 heterocycles. The molecule has 5 rings (SSSR count). The summed E-state index contributed by atoms with van der Waals surface area (Å²) in [5.74, 6) is 1.59. The minimum Gasteiger partial charge on any atom is -0.336 e. The quantitative estimate of drug-likeness (QED) is 0.468. The van der Waals surface area contributed by atoms with Crippen molar-refractivity contribution >= 4 is 40.4 Å². The number of hydrogen-bond acceptors (Lipinski definition) is 7. The highest BCUT2D eigenvalue weighted by molar-refractivity contribution is 6.35. The van der Waals surface area contributed by atoms with E-state index in [-0.39, 0.29) is 0 Å². The Hall–Kier alpha value is -3.56. The third-order valence-corrected chi connectivity index (χ3v) is 4.43. The van der Waals surface area contributed by atoms with Crippen LogP contribution < -0.4 is 5.32 Å². The van der Waals surface area contributed by atoms with Crippen molar-refractivity contribution in [3.63, 3.8) is 0 Å². The number of fused-ring (bicyclic) bond motifs is 1. The zero-order valence-corrected chi connectivity index (χ0v) is 16.1. The van der Waals surface area contributed by atoms with Crippen LogP contribution in [0.2, 0.25) is 10.0 Å². The van der Waals surface area contributed by atoms with Crippen molar-refractivity contribution in [2.24, 2.45) is 0 Å². The van der Waals surface area contributed by atoms with Gasteiger partial charge in [-0.25, -0.2) is 14.6 Å². The van der Waals surface area contributed by atoms with E-state index in [1.54, 1.807) is 64.3 Å². The van der Waals surface area contributed by atoms with Crippen molar-refractivity contribution < 1.29 is 0 Å². The number of hydrogen-bond donors (Lipinski definition) is 1. The maximum atomic E-state index is 6.12. The summed E-state index contributed by atoms with van der Waals surface area (Å²) in [6.07, 6.45) is 6.74. The predicted octanol–water partition coefficient (Wildman–Crippen LogP) is 3.82. The molecule has 1 aromatic carbocycles. The van der Waals surface area contributed by atoms with Crippen molar-refractivity contribution in [2.45, 2.75) is 0 Å². The minimum atomic E-state index is 0.475. The maximum Gasteiger partial charge on any atom is 0.250 e. The monoisotopic (exact) mass is 423 g/mol. The first kappa shape index (κ1) is 17.5. The Labute approximate surface area is 174 Å². The van der Waals surface area contributed by atoms with Gasteiger partial charge in [0, 0.05) is 28.0 Å². The Balaban J connectivity index is 1.48. The highest BCUT2D eigenvalue weighted by Crippen LogP contribution is 2.26. The standard InChI is InChI=1S/C18H11Cl2N9/c19-12-6-11(7-13(20)8-12)17-26-25-16-3-2-15(27-29(16)17)24-14-9-23-28(10-14)18-21-4-1-5-22-18/h1-10H,(H,24,27). The Morgan fingerprint density at radius 3 is 2.52 bits per heavy atom. The smallest absolute Gasteiger partial charge is 0.250 e. The normalized spacial score (nSPS) is 11.1. The molecule has 0 aliphatic rings. The summed E-state index contributed by atoms with van der Waals surface area (Å²) in [5, 5.41) is 21.4. The Kier molecular flexibility index (Phi) is 4.30. The Morgan fingerprint density at radius 2 is 1.72 bits per heavy atom. The number of anilines is 2. The lowest BCUT2D eigenvalue weighted by atomic mass is 10.2. The van der Waals surface area contributed by atoms with Gasteiger partial charge in [0.1, 0.15) is 0 Å². The molecule has 0 unspecified atom stereocenters. The van der Waals surface area contributed by atoms with Crippen LogP contribution >= 0.6 is 23.2 Å². The molecular formula is C18H11Cl2N9. The van der Waals surface area contributed by atoms with Crippen molar-refractivity contribution in [3.05, 3.63) is 71.2 Å². The van der Waals surface area contributed by atoms with E-state index >= 15 is 0 Å². The van der Waals surface area contributed by atoms with E-state index in [0.29, 0.717) is 38.8 Å². The van der Waals surface area contributed by atoms with Gasteiger partial charge >= 0.3 is 0 Å². The summed E-state index contributed by atoms with van der Waals surface area (Å²) in [5.41, 5.74) is 2.04. The van der Waals surface area contributed by atoms with Gasteiger partial charge in [-0.3, -0.25) is 0 Å². The van der Waals surface area contributed by atoms with E-state index < -0.39 is 0 Å². The summed E-state index contributed by atoms with van der Waals surface area (Å²) >= 11 is 12.2. The molecule has 4 aromatic heterocycles. The molecule has 0 aliphatic carbocycles. The van der Waals surface area contributed by atoms with Crippen LogP contribution in [0.4, 0.5) is 11.5 Å². The molecular weight excluding hydrogens is 413 g/mol. The number of nitrogens with zero attached hydrogens (tertiary/aromatic N) is 8. The Morgan fingerprint density at radius 1 is 0.931 bits per heavy atom. The van der Waals surface area contributed by atoms with Crippen molar-refractivity contribution in [3.8, 4) is 17.3 Å². The average Bonchev–Trinajstić information content (AvgIpc) is 3.35. The van der Waals surface area contributed by atoms with Crippen LogP contribution in [-0.4, -0.2) is 39.6 Å². The third-order valence-electron chi connectivity index (χ3n) is 4.00. The summed E-state index contributed by atoms with van der Waals surface area (Å²) in [6, 6.07) is 10.5. The summed E-state index contributed by atoms with van der Waals surface area (Å²) in [7, 11) is 0. The first-order valence-corrected chi connectivity index (χ1v) is 9.19. The van der Waals surface area contributed by atoms with Crippen molar-refractivity contribution in [1.82, 2.24) is 39.6 Å². The predicted molar refractivity (Wildman–Crippen MR) is 109 cm³/mol. The minimum absolute atomic E-state index is 0.475. The van der Waals surface area contributed by atoms with E-state index in [4.69, 9.17) is 23.2 Å². The molecule has 0 saturated heterocycles. The molecule has 0 aliphatic heterocycles. The summed E-state index contributed by atoms with van der Waals surface area (Å²) in [6.45, 7) is 0. The second-order valence-corrected chi connectivity index (χ2v) is 6.89. The van der Waals surface area contributed by atoms with E-state index in [2.05, 4.69) is 35.7 Å². The lowest BCUT2D eigenvalue weighted by Gasteiger charge is -2.05. The summed E-state index contributed by atoms with van der Waals surface area (Å²) in [4.78, 5) is 8.33. The van der Waals surface area contributed by atoms with Gasteiger partial charge in [-0.15, -0.1) is 15.3 Å². The maximum absolute atomic E-state index is 6.12. The van der Waals surface area contributed by atoms with Gasteiger partial charge in [0.15, 0.2) is 17.3 Å². The van der Waals surface area contributed by atoms with Crippen LogP contribution in [-0.2, 0) is 0 Å². The van der Waals surface area contributed by atoms with Gasteiger partial charge in [0.25, 0.3) is 0 Å². The van der Waals surface area contributed by atoms with Crippen LogP contribution in [0.1, 0.15) is 0 Å². The SMILES string of the molecule is Clc1cc(Cl)cc(-c2nnc3ccc(Nc4cnn(-c5ncccn5)c4)nn23)c1. The van der Waals surface area contributed by atoms with Crippen LogP contribution in [0.5, 0.6) is 0 Å². The van der Waals surface area contributed by atoms with E-state index in [9.17, 15) is 0 Å². The lowest BCUT2D eigenvalue weighted by Crippen LogP contribution is -2.01. The number of halogens is 2. The first-order chi connectivity index (χ1) is 14.2. The number of aromatic nitrogens is 8. The first-order valence-electron chi connectivity index (χ1n) is 8.44. The van der Waals surface area contributed by atoms with Crippen LogP contribution in [0.25, 0.3) is 23.0 Å². The van der Waals surface area contributed by atoms with E-state index in [1.807, 2.05) is 6.07 Å². The molecule has 0 amide bonds. The number of rotatable bonds is 4. The fourth-order valence-corrected chi connectivity index (χ4v) is 3.30. The molecule has 9 nitrogen and oxygen atoms in total. The van der Waals surface area contributed by atoms with Gasteiger partial charge in [-0.2, -0.15) is 9.61 Å². The summed E-state index contributed by atoms with van der Waals surface area (Å²) < 4.78 is 3.19. The van der Waals surface area contributed by atoms with E-state index in [0.717, 1.165) is 5.69 Å². The second kappa shape index (κ2) is 7.12. The number of nitrogens with one attached hydrogen (secondary N) is 1. The molecule has 29 heavy (non-hydrogen) atoms. The zero-order chi connectivity index (χ0) is 19.8. The average molecular weight is 424 g/mol. The molecule has 0 spiro atoms. The van der Waals surface area contributed by atoms with Crippen molar-refractivity contribution in [2.75, 3.05) is 5.32 Å². The lowest BCUT2D eigenvalue weighted by molar-refractivity contribution is 0.808. The third kappa shape index (κ3) is 3.48. The molecule has 0 fully saturated rings. The van der Waals surface area contributed by atoms with Gasteiger partial charge in [0.05, 0.1) is 18.1 Å². The fourth-order valence-electron chi connectivity index (χ4n) is 2.77. The molecule has 0 saturated carbocycles.